The zero-order valence-electron chi connectivity index (χ0n) is 8.24. The van der Waals surface area contributed by atoms with E-state index >= 15 is 0 Å². The summed E-state index contributed by atoms with van der Waals surface area (Å²) in [5, 5.41) is 9.28. The van der Waals surface area contributed by atoms with Crippen molar-refractivity contribution in [1.29, 1.82) is 0 Å². The molecular weight excluding hydrogens is 237 g/mol. The van der Waals surface area contributed by atoms with Crippen LogP contribution in [0, 0.1) is 6.92 Å². The highest BCUT2D eigenvalue weighted by Gasteiger charge is 2.13. The Hall–Kier alpha value is -0.770. The lowest BCUT2D eigenvalue weighted by atomic mass is 10.0. The van der Waals surface area contributed by atoms with Crippen LogP contribution < -0.4 is 5.73 Å². The van der Waals surface area contributed by atoms with Crippen LogP contribution in [0.4, 0.5) is 0 Å². The summed E-state index contributed by atoms with van der Waals surface area (Å²) in [6.45, 7) is 1.85. The van der Waals surface area contributed by atoms with Gasteiger partial charge in [-0.3, -0.25) is 4.79 Å². The highest BCUT2D eigenvalue weighted by Crippen LogP contribution is 2.19. The summed E-state index contributed by atoms with van der Waals surface area (Å²) < 4.78 is 0. The highest BCUT2D eigenvalue weighted by molar-refractivity contribution is 6.31. The van der Waals surface area contributed by atoms with E-state index in [1.54, 1.807) is 12.1 Å². The molecule has 1 rings (SSSR count). The first-order valence-corrected chi connectivity index (χ1v) is 4.62. The highest BCUT2D eigenvalue weighted by atomic mass is 35.5. The number of carboxylic acid groups (broad SMARTS) is 1. The lowest BCUT2D eigenvalue weighted by Gasteiger charge is -2.09. The maximum atomic E-state index is 10.5. The van der Waals surface area contributed by atoms with Crippen LogP contribution in [0.2, 0.25) is 5.02 Å². The van der Waals surface area contributed by atoms with E-state index in [0.29, 0.717) is 11.4 Å². The van der Waals surface area contributed by atoms with Gasteiger partial charge in [-0.25, -0.2) is 0 Å². The molecule has 0 aliphatic heterocycles. The third-order valence-corrected chi connectivity index (χ3v) is 2.55. The summed E-state index contributed by atoms with van der Waals surface area (Å²) >= 11 is 5.89. The Bertz CT molecular complexity index is 355. The van der Waals surface area contributed by atoms with Crippen LogP contribution in [0.5, 0.6) is 0 Å². The Morgan fingerprint density at radius 3 is 2.73 bits per heavy atom. The van der Waals surface area contributed by atoms with Crippen molar-refractivity contribution in [2.45, 2.75) is 19.4 Å². The van der Waals surface area contributed by atoms with Crippen molar-refractivity contribution in [3.63, 3.8) is 0 Å². The van der Waals surface area contributed by atoms with Crippen LogP contribution in [-0.2, 0) is 11.2 Å². The fraction of sp³-hybridized carbons (Fsp3) is 0.300. The lowest BCUT2D eigenvalue weighted by Crippen LogP contribution is -2.32. The molecule has 3 nitrogen and oxygen atoms in total. The van der Waals surface area contributed by atoms with Gasteiger partial charge in [0.25, 0.3) is 0 Å². The van der Waals surface area contributed by atoms with Gasteiger partial charge in [-0.05, 0) is 30.5 Å². The maximum Gasteiger partial charge on any atom is 0.320 e. The Balaban J connectivity index is 0.00000196. The van der Waals surface area contributed by atoms with E-state index in [0.717, 1.165) is 11.1 Å². The third-order valence-electron chi connectivity index (χ3n) is 2.14. The van der Waals surface area contributed by atoms with E-state index < -0.39 is 12.0 Å². The first-order chi connectivity index (χ1) is 6.52. The molecule has 0 aromatic heterocycles. The van der Waals surface area contributed by atoms with Gasteiger partial charge in [0.15, 0.2) is 0 Å². The Labute approximate surface area is 99.6 Å². The largest absolute Gasteiger partial charge is 0.480 e. The van der Waals surface area contributed by atoms with Crippen molar-refractivity contribution < 1.29 is 9.90 Å². The molecule has 0 saturated carbocycles. The average molecular weight is 250 g/mol. The first-order valence-electron chi connectivity index (χ1n) is 4.24. The lowest BCUT2D eigenvalue weighted by molar-refractivity contribution is -0.138. The Kier molecular flexibility index (Phi) is 5.65. The van der Waals surface area contributed by atoms with E-state index in [9.17, 15) is 4.79 Å². The molecule has 1 atom stereocenters. The van der Waals surface area contributed by atoms with Gasteiger partial charge >= 0.3 is 5.97 Å². The molecule has 0 amide bonds. The van der Waals surface area contributed by atoms with Gasteiger partial charge in [-0.2, -0.15) is 0 Å². The predicted molar refractivity (Wildman–Crippen MR) is 62.8 cm³/mol. The van der Waals surface area contributed by atoms with E-state index in [1.165, 1.54) is 0 Å². The van der Waals surface area contributed by atoms with E-state index in [-0.39, 0.29) is 12.4 Å². The fourth-order valence-electron chi connectivity index (χ4n) is 1.20. The molecule has 0 saturated heterocycles. The molecule has 3 N–H and O–H groups in total. The summed E-state index contributed by atoms with van der Waals surface area (Å²) in [5.41, 5.74) is 7.20. The van der Waals surface area contributed by atoms with Crippen LogP contribution in [0.25, 0.3) is 0 Å². The predicted octanol–water partition coefficient (Wildman–Crippen LogP) is 2.02. The molecule has 1 aromatic carbocycles. The maximum absolute atomic E-state index is 10.5. The second kappa shape index (κ2) is 5.95. The van der Waals surface area contributed by atoms with Gasteiger partial charge in [0.1, 0.15) is 6.04 Å². The van der Waals surface area contributed by atoms with Crippen molar-refractivity contribution in [1.82, 2.24) is 0 Å². The molecule has 84 valence electrons. The quantitative estimate of drug-likeness (QED) is 0.862. The number of nitrogens with two attached hydrogens (primary N) is 1. The Morgan fingerprint density at radius 2 is 2.20 bits per heavy atom. The van der Waals surface area contributed by atoms with E-state index in [1.807, 2.05) is 13.0 Å². The number of carbonyl (C=O) groups is 1. The molecule has 5 heteroatoms. The van der Waals surface area contributed by atoms with E-state index in [4.69, 9.17) is 22.4 Å². The van der Waals surface area contributed by atoms with Gasteiger partial charge in [0.2, 0.25) is 0 Å². The van der Waals surface area contributed by atoms with Crippen LogP contribution in [0.3, 0.4) is 0 Å². The number of aliphatic carboxylic acids is 1. The topological polar surface area (TPSA) is 63.3 Å². The molecule has 0 aliphatic rings. The molecule has 0 heterocycles. The van der Waals surface area contributed by atoms with Gasteiger partial charge in [-0.15, -0.1) is 12.4 Å². The zero-order valence-corrected chi connectivity index (χ0v) is 9.81. The van der Waals surface area contributed by atoms with Crippen LogP contribution >= 0.6 is 24.0 Å². The normalized spacial score (nSPS) is 11.7. The molecule has 1 aromatic rings. The molecule has 0 unspecified atom stereocenters. The number of halogens is 2. The average Bonchev–Trinajstić information content (AvgIpc) is 2.12. The van der Waals surface area contributed by atoms with Crippen molar-refractivity contribution in [2.75, 3.05) is 0 Å². The molecule has 0 aliphatic carbocycles. The molecule has 0 fully saturated rings. The molecular formula is C10H13Cl2NO2. The summed E-state index contributed by atoms with van der Waals surface area (Å²) in [6.07, 6.45) is 0.307. The molecule has 0 radical (unpaired) electrons. The van der Waals surface area contributed by atoms with Crippen molar-refractivity contribution in [3.8, 4) is 0 Å². The monoisotopic (exact) mass is 249 g/mol. The van der Waals surface area contributed by atoms with Crippen LogP contribution in [0.15, 0.2) is 18.2 Å². The second-order valence-electron chi connectivity index (χ2n) is 3.17. The number of hydrogen-bond acceptors (Lipinski definition) is 2. The van der Waals surface area contributed by atoms with Gasteiger partial charge < -0.3 is 10.8 Å². The summed E-state index contributed by atoms with van der Waals surface area (Å²) in [7, 11) is 0. The minimum Gasteiger partial charge on any atom is -0.480 e. The second-order valence-corrected chi connectivity index (χ2v) is 3.58. The van der Waals surface area contributed by atoms with Gasteiger partial charge in [0, 0.05) is 5.02 Å². The first kappa shape index (κ1) is 14.2. The van der Waals surface area contributed by atoms with Crippen molar-refractivity contribution >= 4 is 30.0 Å². The molecule has 0 spiro atoms. The van der Waals surface area contributed by atoms with Gasteiger partial charge in [0.05, 0.1) is 0 Å². The number of benzene rings is 1. The minimum absolute atomic E-state index is 0. The van der Waals surface area contributed by atoms with Crippen molar-refractivity contribution in [3.05, 3.63) is 34.3 Å². The van der Waals surface area contributed by atoms with Crippen LogP contribution in [-0.4, -0.2) is 17.1 Å². The SMILES string of the molecule is Cc1c(Cl)cccc1C[C@H](N)C(=O)O.Cl. The molecule has 0 bridgehead atoms. The number of rotatable bonds is 3. The summed E-state index contributed by atoms with van der Waals surface area (Å²) in [6, 6.07) is 4.53. The third kappa shape index (κ3) is 3.70. The molecule has 15 heavy (non-hydrogen) atoms. The number of hydrogen-bond donors (Lipinski definition) is 2. The van der Waals surface area contributed by atoms with E-state index in [2.05, 4.69) is 0 Å². The Morgan fingerprint density at radius 1 is 1.60 bits per heavy atom. The zero-order chi connectivity index (χ0) is 10.7. The minimum atomic E-state index is -0.996. The smallest absolute Gasteiger partial charge is 0.320 e. The van der Waals surface area contributed by atoms with Gasteiger partial charge in [-0.1, -0.05) is 23.7 Å². The summed E-state index contributed by atoms with van der Waals surface area (Å²) in [4.78, 5) is 10.5. The fourth-order valence-corrected chi connectivity index (χ4v) is 1.39. The standard InChI is InChI=1S/C10H12ClNO2.ClH/c1-6-7(3-2-4-8(6)11)5-9(12)10(13)14;/h2-4,9H,5,12H2,1H3,(H,13,14);1H/t9-;/m0./s1. The van der Waals surface area contributed by atoms with Crippen molar-refractivity contribution in [2.24, 2.45) is 5.73 Å². The van der Waals surface area contributed by atoms with Crippen LogP contribution in [0.1, 0.15) is 11.1 Å². The number of carboxylic acids is 1. The summed E-state index contributed by atoms with van der Waals surface area (Å²) in [5.74, 6) is -0.996.